The molecule has 0 aromatic heterocycles. The van der Waals surface area contributed by atoms with E-state index in [1.54, 1.807) is 0 Å². The normalized spacial score (nSPS) is 12.4. The van der Waals surface area contributed by atoms with Gasteiger partial charge in [0, 0.05) is 9.52 Å². The number of hydrogen-bond donors (Lipinski definition) is 0. The second-order valence-corrected chi connectivity index (χ2v) is 9.17. The van der Waals surface area contributed by atoms with Crippen LogP contribution in [0.3, 0.4) is 0 Å². The number of allylic oxidation sites excluding steroid dienone is 1. The van der Waals surface area contributed by atoms with Gasteiger partial charge in [0.1, 0.15) is 0 Å². The second-order valence-electron chi connectivity index (χ2n) is 6.76. The summed E-state index contributed by atoms with van der Waals surface area (Å²) < 4.78 is 0. The van der Waals surface area contributed by atoms with Crippen molar-refractivity contribution in [2.45, 2.75) is 85.4 Å². The highest BCUT2D eigenvalue weighted by Gasteiger charge is 2.22. The molecule has 0 atom stereocenters. The molecular formula is C19H42N2Si. The summed E-state index contributed by atoms with van der Waals surface area (Å²) in [6.07, 6.45) is 8.47. The molecule has 0 saturated carbocycles. The zero-order chi connectivity index (χ0) is 16.8. The lowest BCUT2D eigenvalue weighted by Gasteiger charge is -2.40. The quantitative estimate of drug-likeness (QED) is 0.249. The smallest absolute Gasteiger partial charge is 0.0622 e. The average Bonchev–Trinajstić information content (AvgIpc) is 2.47. The molecule has 0 fully saturated rings. The molecular weight excluding hydrogens is 284 g/mol. The third-order valence-corrected chi connectivity index (χ3v) is 5.91. The van der Waals surface area contributed by atoms with E-state index < -0.39 is 0 Å². The Morgan fingerprint density at radius 1 is 0.864 bits per heavy atom. The van der Waals surface area contributed by atoms with Gasteiger partial charge in [0.15, 0.2) is 0 Å². The molecule has 0 aliphatic rings. The van der Waals surface area contributed by atoms with Crippen molar-refractivity contribution in [1.82, 2.24) is 9.80 Å². The van der Waals surface area contributed by atoms with Gasteiger partial charge in [-0.15, -0.1) is 6.58 Å². The van der Waals surface area contributed by atoms with Crippen LogP contribution in [0.5, 0.6) is 0 Å². The minimum Gasteiger partial charge on any atom is -0.288 e. The first-order valence-corrected chi connectivity index (χ1v) is 11.4. The Labute approximate surface area is 143 Å². The third kappa shape index (κ3) is 9.81. The van der Waals surface area contributed by atoms with Crippen LogP contribution in [0, 0.1) is 0 Å². The minimum absolute atomic E-state index is 0.0235. The van der Waals surface area contributed by atoms with Crippen LogP contribution in [0.15, 0.2) is 11.8 Å². The van der Waals surface area contributed by atoms with E-state index in [-0.39, 0.29) is 9.52 Å². The SMILES string of the molecule is C=C(C)[SiH2]CCCC(N(CCC)CCC)N(CCC)CCC. The van der Waals surface area contributed by atoms with Crippen molar-refractivity contribution in [3.05, 3.63) is 11.8 Å². The monoisotopic (exact) mass is 326 g/mol. The molecule has 0 aromatic rings. The van der Waals surface area contributed by atoms with Crippen LogP contribution >= 0.6 is 0 Å². The summed E-state index contributed by atoms with van der Waals surface area (Å²) in [5, 5.41) is 1.47. The Bertz CT molecular complexity index is 240. The number of hydrogen-bond acceptors (Lipinski definition) is 2. The van der Waals surface area contributed by atoms with E-state index in [1.165, 1.54) is 75.9 Å². The predicted octanol–water partition coefficient (Wildman–Crippen LogP) is 4.46. The number of rotatable bonds is 15. The molecule has 0 rings (SSSR count). The zero-order valence-corrected chi connectivity index (χ0v) is 17.6. The Hall–Kier alpha value is -0.123. The average molecular weight is 327 g/mol. The van der Waals surface area contributed by atoms with Crippen molar-refractivity contribution in [3.8, 4) is 0 Å². The molecule has 0 aliphatic heterocycles. The Kier molecular flexibility index (Phi) is 14.4. The molecule has 0 heterocycles. The maximum Gasteiger partial charge on any atom is 0.0622 e. The summed E-state index contributed by atoms with van der Waals surface area (Å²) in [6.45, 7) is 20.6. The Morgan fingerprint density at radius 3 is 1.59 bits per heavy atom. The van der Waals surface area contributed by atoms with Crippen LogP contribution in [0.2, 0.25) is 6.04 Å². The summed E-state index contributed by atoms with van der Waals surface area (Å²) >= 11 is 0. The molecule has 2 nitrogen and oxygen atoms in total. The first kappa shape index (κ1) is 21.9. The molecule has 22 heavy (non-hydrogen) atoms. The van der Waals surface area contributed by atoms with Crippen molar-refractivity contribution < 1.29 is 0 Å². The van der Waals surface area contributed by atoms with E-state index in [9.17, 15) is 0 Å². The van der Waals surface area contributed by atoms with E-state index in [2.05, 4.69) is 51.0 Å². The maximum absolute atomic E-state index is 4.10. The van der Waals surface area contributed by atoms with Gasteiger partial charge in [0.2, 0.25) is 0 Å². The van der Waals surface area contributed by atoms with Gasteiger partial charge in [-0.05, 0) is 65.2 Å². The van der Waals surface area contributed by atoms with Gasteiger partial charge in [-0.3, -0.25) is 9.80 Å². The highest BCUT2D eigenvalue weighted by molar-refractivity contribution is 6.44. The lowest BCUT2D eigenvalue weighted by molar-refractivity contribution is 0.0343. The van der Waals surface area contributed by atoms with Gasteiger partial charge < -0.3 is 0 Å². The van der Waals surface area contributed by atoms with E-state index >= 15 is 0 Å². The fourth-order valence-electron chi connectivity index (χ4n) is 3.32. The molecule has 0 amide bonds. The Morgan fingerprint density at radius 2 is 1.27 bits per heavy atom. The summed E-state index contributed by atoms with van der Waals surface area (Å²) in [5.41, 5.74) is 0. The standard InChI is InChI=1S/C19H42N2Si/c1-7-13-20(14-8-2)19(12-11-17-22-18(5)6)21(15-9-3)16-10-4/h19H,5,7-17,22H2,1-4,6H3. The third-order valence-electron chi connectivity index (χ3n) is 4.20. The van der Waals surface area contributed by atoms with E-state index in [4.69, 9.17) is 0 Å². The molecule has 132 valence electrons. The fourth-order valence-corrected chi connectivity index (χ4v) is 4.46. The largest absolute Gasteiger partial charge is 0.288 e. The van der Waals surface area contributed by atoms with E-state index in [0.717, 1.165) is 0 Å². The van der Waals surface area contributed by atoms with Crippen LogP contribution < -0.4 is 0 Å². The first-order valence-electron chi connectivity index (χ1n) is 9.73. The van der Waals surface area contributed by atoms with Crippen molar-refractivity contribution in [2.75, 3.05) is 26.2 Å². The van der Waals surface area contributed by atoms with Crippen molar-refractivity contribution in [1.29, 1.82) is 0 Å². The van der Waals surface area contributed by atoms with Crippen molar-refractivity contribution in [3.63, 3.8) is 0 Å². The van der Waals surface area contributed by atoms with Crippen LogP contribution in [0.1, 0.15) is 73.1 Å². The zero-order valence-electron chi connectivity index (χ0n) is 16.2. The molecule has 0 N–H and O–H groups in total. The van der Waals surface area contributed by atoms with E-state index in [1.807, 2.05) is 0 Å². The number of nitrogens with zero attached hydrogens (tertiary/aromatic N) is 2. The molecule has 0 aromatic carbocycles. The fraction of sp³-hybridized carbons (Fsp3) is 0.895. The molecule has 0 spiro atoms. The lowest BCUT2D eigenvalue weighted by Crippen LogP contribution is -2.49. The maximum atomic E-state index is 4.10. The molecule has 0 saturated heterocycles. The lowest BCUT2D eigenvalue weighted by atomic mass is 10.1. The van der Waals surface area contributed by atoms with Crippen LogP contribution in [-0.4, -0.2) is 51.7 Å². The highest BCUT2D eigenvalue weighted by atomic mass is 28.2. The van der Waals surface area contributed by atoms with Crippen molar-refractivity contribution >= 4 is 9.52 Å². The second kappa shape index (κ2) is 14.5. The van der Waals surface area contributed by atoms with Crippen LogP contribution in [0.4, 0.5) is 0 Å². The molecule has 3 heteroatoms. The van der Waals surface area contributed by atoms with Crippen LogP contribution in [-0.2, 0) is 0 Å². The molecule has 0 radical (unpaired) electrons. The first-order chi connectivity index (χ1) is 10.6. The van der Waals surface area contributed by atoms with Gasteiger partial charge in [0.25, 0.3) is 0 Å². The van der Waals surface area contributed by atoms with Crippen molar-refractivity contribution in [2.24, 2.45) is 0 Å². The topological polar surface area (TPSA) is 6.48 Å². The van der Waals surface area contributed by atoms with Crippen LogP contribution in [0.25, 0.3) is 0 Å². The Balaban J connectivity index is 4.78. The van der Waals surface area contributed by atoms with Gasteiger partial charge in [-0.1, -0.05) is 45.4 Å². The molecule has 0 unspecified atom stereocenters. The van der Waals surface area contributed by atoms with E-state index in [0.29, 0.717) is 6.17 Å². The van der Waals surface area contributed by atoms with Gasteiger partial charge in [-0.2, -0.15) is 0 Å². The highest BCUT2D eigenvalue weighted by Crippen LogP contribution is 2.17. The van der Waals surface area contributed by atoms with Gasteiger partial charge >= 0.3 is 0 Å². The summed E-state index contributed by atoms with van der Waals surface area (Å²) in [5.74, 6) is 0. The minimum atomic E-state index is -0.0235. The summed E-state index contributed by atoms with van der Waals surface area (Å²) in [6, 6.07) is 1.43. The predicted molar refractivity (Wildman–Crippen MR) is 105 cm³/mol. The van der Waals surface area contributed by atoms with Gasteiger partial charge in [0.05, 0.1) is 6.17 Å². The molecule has 0 bridgehead atoms. The molecule has 0 aliphatic carbocycles. The summed E-state index contributed by atoms with van der Waals surface area (Å²) in [7, 11) is -0.0235. The van der Waals surface area contributed by atoms with Gasteiger partial charge in [-0.25, -0.2) is 0 Å². The summed E-state index contributed by atoms with van der Waals surface area (Å²) in [4.78, 5) is 5.52.